The predicted molar refractivity (Wildman–Crippen MR) is 351 cm³/mol. The van der Waals surface area contributed by atoms with E-state index in [1.165, 1.54) is 34.9 Å². The number of aliphatic carboxylic acids is 1. The van der Waals surface area contributed by atoms with Crippen LogP contribution in [-0.4, -0.2) is 159 Å². The second-order valence-corrected chi connectivity index (χ2v) is 27.3. The molecule has 2 aliphatic heterocycles. The molecule has 2 aliphatic rings. The zero-order valence-corrected chi connectivity index (χ0v) is 57.3. The molecular weight excluding hydrogens is 1190 g/mol. The molecule has 1 unspecified atom stereocenters. The van der Waals surface area contributed by atoms with Crippen LogP contribution in [0.5, 0.6) is 0 Å². The van der Waals surface area contributed by atoms with Gasteiger partial charge in [0.2, 0.25) is 29.5 Å². The van der Waals surface area contributed by atoms with Crippen molar-refractivity contribution in [2.75, 3.05) is 40.0 Å². The van der Waals surface area contributed by atoms with Crippen LogP contribution >= 0.6 is 23.1 Å². The Balaban J connectivity index is 0.000000482. The molecule has 0 bridgehead atoms. The highest BCUT2D eigenvalue weighted by atomic mass is 32.2. The van der Waals surface area contributed by atoms with Crippen LogP contribution in [0, 0.1) is 35.5 Å². The van der Waals surface area contributed by atoms with Gasteiger partial charge in [-0.2, -0.15) is 11.8 Å². The summed E-state index contributed by atoms with van der Waals surface area (Å²) in [5, 5.41) is 16.5. The number of imide groups is 1. The summed E-state index contributed by atoms with van der Waals surface area (Å²) in [4.78, 5) is 149. The lowest BCUT2D eigenvalue weighted by molar-refractivity contribution is -0.150. The number of esters is 1. The van der Waals surface area contributed by atoms with Crippen molar-refractivity contribution in [2.45, 2.75) is 226 Å². The molecular formula is C67H106N8O13S2. The van der Waals surface area contributed by atoms with Crippen molar-refractivity contribution in [2.24, 2.45) is 47.0 Å². The normalized spacial score (nSPS) is 17.9. The predicted octanol–water partition coefficient (Wildman–Crippen LogP) is 8.46. The summed E-state index contributed by atoms with van der Waals surface area (Å²) in [5.74, 6) is -4.47. The second kappa shape index (κ2) is 40.2. The van der Waals surface area contributed by atoms with Gasteiger partial charge in [-0.05, 0) is 107 Å². The molecule has 1 aromatic heterocycles. The number of carboxylic acids is 1. The molecule has 10 atom stereocenters. The molecule has 0 radical (unpaired) electrons. The van der Waals surface area contributed by atoms with Gasteiger partial charge in [0.15, 0.2) is 17.7 Å². The molecule has 6 amide bonds. The smallest absolute Gasteiger partial charge is 0.306 e. The summed E-state index contributed by atoms with van der Waals surface area (Å²) in [6.07, 6.45) is 11.1. The molecule has 0 saturated carbocycles. The van der Waals surface area contributed by atoms with Crippen LogP contribution in [0.25, 0.3) is 0 Å². The first-order valence-corrected chi connectivity index (χ1v) is 34.7. The van der Waals surface area contributed by atoms with Gasteiger partial charge in [-0.1, -0.05) is 105 Å². The van der Waals surface area contributed by atoms with E-state index in [1.54, 1.807) is 19.4 Å². The fourth-order valence-electron chi connectivity index (χ4n) is 11.7. The van der Waals surface area contributed by atoms with Crippen molar-refractivity contribution in [3.63, 3.8) is 0 Å². The molecule has 0 spiro atoms. The maximum Gasteiger partial charge on any atom is 0.306 e. The number of piperidine rings is 1. The number of amides is 6. The number of nitrogens with two attached hydrogens (primary N) is 2. The molecule has 504 valence electrons. The summed E-state index contributed by atoms with van der Waals surface area (Å²) < 4.78 is 5.72. The third kappa shape index (κ3) is 26.0. The first-order valence-electron chi connectivity index (χ1n) is 32.5. The van der Waals surface area contributed by atoms with Gasteiger partial charge in [0, 0.05) is 101 Å². The van der Waals surface area contributed by atoms with E-state index >= 15 is 0 Å². The monoisotopic (exact) mass is 1290 g/mol. The Morgan fingerprint density at radius 3 is 2.11 bits per heavy atom. The van der Waals surface area contributed by atoms with Crippen molar-refractivity contribution in [3.8, 4) is 0 Å². The van der Waals surface area contributed by atoms with Gasteiger partial charge in [-0.25, -0.2) is 4.98 Å². The maximum absolute atomic E-state index is 14.3. The Bertz CT molecular complexity index is 2690. The van der Waals surface area contributed by atoms with E-state index in [0.717, 1.165) is 49.8 Å². The van der Waals surface area contributed by atoms with E-state index in [4.69, 9.17) is 21.3 Å². The minimum atomic E-state index is -0.888. The number of ether oxygens (including phenoxy) is 1. The van der Waals surface area contributed by atoms with Crippen molar-refractivity contribution < 1.29 is 62.6 Å². The van der Waals surface area contributed by atoms with E-state index in [0.29, 0.717) is 75.9 Å². The SMILES string of the molecule is CCCN(C(=O)[C@@H](CC(=O)[C@H]1CCCCN1C)[C@@H](C)CC)[C@H](C[C@@H](OC(C)=O)c1nc(C(=O)NC)cs1)C(C)C.CSC1CC(=O)N(CCCCCC(=O)C[C@H](C(=O)N[C@@H](CCCCC(N)=O)C(=O)Cc2ccc(C[C@H](N)C[C@H](C)C(=O)O)cc2)C(C)C)C1=O. The van der Waals surface area contributed by atoms with E-state index in [1.807, 2.05) is 63.2 Å². The van der Waals surface area contributed by atoms with Crippen molar-refractivity contribution in [3.05, 3.63) is 51.5 Å². The van der Waals surface area contributed by atoms with Gasteiger partial charge in [-0.3, -0.25) is 62.5 Å². The summed E-state index contributed by atoms with van der Waals surface area (Å²) in [5.41, 5.74) is 13.4. The first kappa shape index (κ1) is 78.3. The highest BCUT2D eigenvalue weighted by Gasteiger charge is 2.40. The molecule has 23 heteroatoms. The number of carbonyl (C=O) groups is 11. The summed E-state index contributed by atoms with van der Waals surface area (Å²) >= 11 is 2.65. The zero-order valence-electron chi connectivity index (χ0n) is 55.7. The Labute approximate surface area is 542 Å². The number of unbranched alkanes of at least 4 members (excludes halogenated alkanes) is 3. The van der Waals surface area contributed by atoms with Crippen LogP contribution in [0.3, 0.4) is 0 Å². The van der Waals surface area contributed by atoms with E-state index in [2.05, 4.69) is 48.2 Å². The Kier molecular flexibility index (Phi) is 34.9. The fraction of sp³-hybridized carbons (Fsp3) is 0.701. The largest absolute Gasteiger partial charge is 0.481 e. The number of aromatic nitrogens is 1. The summed E-state index contributed by atoms with van der Waals surface area (Å²) in [6.45, 7) is 18.8. The Morgan fingerprint density at radius 2 is 1.54 bits per heavy atom. The van der Waals surface area contributed by atoms with E-state index < -0.39 is 47.7 Å². The number of likely N-dealkylation sites (N-methyl/N-ethyl adjacent to an activating group) is 1. The number of Topliss-reactive ketones (excluding diaryl/α,β-unsaturated/α-hetero) is 3. The van der Waals surface area contributed by atoms with Crippen molar-refractivity contribution in [1.82, 2.24) is 30.3 Å². The lowest BCUT2D eigenvalue weighted by atomic mass is 9.82. The highest BCUT2D eigenvalue weighted by Crippen LogP contribution is 2.34. The van der Waals surface area contributed by atoms with Crippen LogP contribution in [0.2, 0.25) is 0 Å². The van der Waals surface area contributed by atoms with Gasteiger partial charge in [0.1, 0.15) is 16.5 Å². The molecule has 0 aliphatic carbocycles. The van der Waals surface area contributed by atoms with E-state index in [-0.39, 0.29) is 132 Å². The van der Waals surface area contributed by atoms with Gasteiger partial charge < -0.3 is 36.8 Å². The van der Waals surface area contributed by atoms with Gasteiger partial charge in [0.25, 0.3) is 5.91 Å². The van der Waals surface area contributed by atoms with Crippen molar-refractivity contribution in [1.29, 1.82) is 0 Å². The van der Waals surface area contributed by atoms with Crippen LogP contribution < -0.4 is 22.1 Å². The number of nitrogens with one attached hydrogen (secondary N) is 2. The topological polar surface area (TPSA) is 316 Å². The third-order valence-electron chi connectivity index (χ3n) is 17.4. The second-order valence-electron chi connectivity index (χ2n) is 25.4. The average molecular weight is 1300 g/mol. The maximum atomic E-state index is 14.3. The van der Waals surface area contributed by atoms with Crippen LogP contribution in [0.4, 0.5) is 0 Å². The number of thiazole rings is 1. The summed E-state index contributed by atoms with van der Waals surface area (Å²) in [6, 6.07) is 5.88. The third-order valence-corrected chi connectivity index (χ3v) is 19.3. The van der Waals surface area contributed by atoms with Crippen LogP contribution in [0.15, 0.2) is 29.6 Å². The molecule has 1 aromatic carbocycles. The fourth-order valence-corrected chi connectivity index (χ4v) is 13.2. The number of carbonyl (C=O) groups excluding carboxylic acids is 10. The minimum absolute atomic E-state index is 0.00604. The lowest BCUT2D eigenvalue weighted by Gasteiger charge is -2.39. The molecule has 90 heavy (non-hydrogen) atoms. The van der Waals surface area contributed by atoms with Gasteiger partial charge in [-0.15, -0.1) is 11.3 Å². The molecule has 4 rings (SSSR count). The first-order chi connectivity index (χ1) is 42.6. The molecule has 2 fully saturated rings. The zero-order chi connectivity index (χ0) is 67.4. The Morgan fingerprint density at radius 1 is 0.878 bits per heavy atom. The number of benzene rings is 1. The molecule has 7 N–H and O–H groups in total. The number of rotatable bonds is 40. The number of likely N-dealkylation sites (tertiary alicyclic amines) is 2. The highest BCUT2D eigenvalue weighted by molar-refractivity contribution is 8.00. The molecule has 2 aromatic rings. The molecule has 21 nitrogen and oxygen atoms in total. The number of carboxylic acid groups (broad SMARTS) is 1. The molecule has 3 heterocycles. The van der Waals surface area contributed by atoms with Crippen molar-refractivity contribution >= 4 is 87.8 Å². The number of primary amides is 1. The van der Waals surface area contributed by atoms with Gasteiger partial charge >= 0.3 is 11.9 Å². The standard InChI is InChI=1S/C37H56N4O8S.C30H50N4O5S/c1-23(2)29(21-28(42)10-6-5-9-17-41-34(45)22-32(50-4)36(41)47)35(46)40-30(11-7-8-12-33(39)44)31(43)20-26-15-13-25(14-16-26)19-27(38)18-24(3)37(48)49;1-9-14-34(30(38)22(20(5)10-2)16-26(36)24-13-11-12-15-33(24)8)25(19(3)4)17-27(39-21(6)35)29-32-23(18-40-29)28(37)31-7/h13-16,23-24,27,29-30,32H,5-12,17-22,38H2,1-4H3,(H2,39,44)(H,40,46)(H,48,49);18-20,22,24-25,27H,9-17H2,1-8H3,(H,31,37)/t24-,27+,29-,30-,32?;20-,22-,24+,25+,27+/m00/s1. The lowest BCUT2D eigenvalue weighted by Crippen LogP contribution is -2.50. The number of ketones is 3. The number of hydrogen-bond donors (Lipinski definition) is 5. The summed E-state index contributed by atoms with van der Waals surface area (Å²) in [7, 11) is 3.54. The van der Waals surface area contributed by atoms with Crippen LogP contribution in [0.1, 0.15) is 211 Å². The average Bonchev–Trinajstić information content (AvgIpc) is 1.71. The number of hydrogen-bond acceptors (Lipinski definition) is 17. The Hall–Kier alpha value is -5.91. The quantitative estimate of drug-likeness (QED) is 0.0237. The van der Waals surface area contributed by atoms with Crippen LogP contribution in [-0.2, 0) is 65.5 Å². The number of thioether (sulfide) groups is 1. The number of nitrogens with zero attached hydrogens (tertiary/aromatic N) is 4. The van der Waals surface area contributed by atoms with Gasteiger partial charge in [0.05, 0.1) is 23.3 Å². The van der Waals surface area contributed by atoms with E-state index in [9.17, 15) is 52.7 Å². The minimum Gasteiger partial charge on any atom is -0.481 e. The molecule has 2 saturated heterocycles.